The van der Waals surface area contributed by atoms with Crippen LogP contribution in [0.4, 0.5) is 5.69 Å². The summed E-state index contributed by atoms with van der Waals surface area (Å²) in [6.45, 7) is 3.41. The van der Waals surface area contributed by atoms with E-state index in [9.17, 15) is 9.59 Å². The molecule has 2 aromatic carbocycles. The lowest BCUT2D eigenvalue weighted by atomic mass is 10.1. The van der Waals surface area contributed by atoms with E-state index in [1.165, 1.54) is 13.0 Å². The van der Waals surface area contributed by atoms with Crippen LogP contribution < -0.4 is 10.7 Å². The Hall–Kier alpha value is -2.88. The summed E-state index contributed by atoms with van der Waals surface area (Å²) in [6, 6.07) is 14.3. The zero-order chi connectivity index (χ0) is 15.7. The first-order chi connectivity index (χ1) is 10.5. The quantitative estimate of drug-likeness (QED) is 0.783. The van der Waals surface area contributed by atoms with Crippen LogP contribution in [-0.4, -0.2) is 5.91 Å². The summed E-state index contributed by atoms with van der Waals surface area (Å²) in [5.74, 6) is 0.355. The monoisotopic (exact) mass is 293 g/mol. The normalized spacial score (nSPS) is 10.6. The molecule has 1 amide bonds. The van der Waals surface area contributed by atoms with Crippen molar-refractivity contribution in [1.29, 1.82) is 0 Å². The number of carbonyl (C=O) groups excluding carboxylic acids is 1. The number of hydrogen-bond acceptors (Lipinski definition) is 3. The molecule has 0 fully saturated rings. The molecule has 110 valence electrons. The first-order valence-electron chi connectivity index (χ1n) is 6.95. The Kier molecular flexibility index (Phi) is 3.51. The molecule has 1 heterocycles. The Balaban J connectivity index is 2.13. The first-order valence-corrected chi connectivity index (χ1v) is 6.95. The lowest BCUT2D eigenvalue weighted by Crippen LogP contribution is -2.07. The van der Waals surface area contributed by atoms with Gasteiger partial charge in [0.05, 0.1) is 5.39 Å². The van der Waals surface area contributed by atoms with Crippen molar-refractivity contribution in [2.75, 3.05) is 5.32 Å². The summed E-state index contributed by atoms with van der Waals surface area (Å²) in [4.78, 5) is 23.4. The van der Waals surface area contributed by atoms with Gasteiger partial charge in [-0.2, -0.15) is 0 Å². The molecule has 4 heteroatoms. The molecule has 1 N–H and O–H groups in total. The Morgan fingerprint density at radius 1 is 1.09 bits per heavy atom. The van der Waals surface area contributed by atoms with Crippen molar-refractivity contribution in [2.24, 2.45) is 0 Å². The summed E-state index contributed by atoms with van der Waals surface area (Å²) >= 11 is 0. The van der Waals surface area contributed by atoms with E-state index in [0.29, 0.717) is 22.4 Å². The van der Waals surface area contributed by atoms with Gasteiger partial charge in [-0.05, 0) is 31.2 Å². The van der Waals surface area contributed by atoms with Crippen molar-refractivity contribution in [1.82, 2.24) is 0 Å². The van der Waals surface area contributed by atoms with Crippen LogP contribution in [0, 0.1) is 6.92 Å². The van der Waals surface area contributed by atoms with Gasteiger partial charge in [0.15, 0.2) is 5.43 Å². The first kappa shape index (κ1) is 14.1. The molecule has 0 saturated carbocycles. The molecule has 1 aromatic heterocycles. The highest BCUT2D eigenvalue weighted by Crippen LogP contribution is 2.24. The Morgan fingerprint density at radius 3 is 2.64 bits per heavy atom. The van der Waals surface area contributed by atoms with Crippen molar-refractivity contribution >= 4 is 22.6 Å². The lowest BCUT2D eigenvalue weighted by Gasteiger charge is -2.06. The largest absolute Gasteiger partial charge is 0.456 e. The number of fused-ring (bicyclic) bond motifs is 1. The minimum Gasteiger partial charge on any atom is -0.456 e. The molecule has 4 nitrogen and oxygen atoms in total. The number of amides is 1. The molecule has 0 aliphatic heterocycles. The molecular formula is C18H15NO3. The maximum Gasteiger partial charge on any atom is 0.221 e. The Labute approximate surface area is 127 Å². The number of nitrogens with one attached hydrogen (secondary N) is 1. The van der Waals surface area contributed by atoms with Crippen molar-refractivity contribution < 1.29 is 9.21 Å². The van der Waals surface area contributed by atoms with Gasteiger partial charge in [0, 0.05) is 24.2 Å². The van der Waals surface area contributed by atoms with E-state index in [-0.39, 0.29) is 11.3 Å². The second kappa shape index (κ2) is 5.48. The van der Waals surface area contributed by atoms with Gasteiger partial charge in [-0.25, -0.2) is 0 Å². The number of anilines is 1. The number of rotatable bonds is 2. The fraction of sp³-hybridized carbons (Fsp3) is 0.111. The number of aryl methyl sites for hydroxylation is 1. The molecule has 22 heavy (non-hydrogen) atoms. The smallest absolute Gasteiger partial charge is 0.221 e. The van der Waals surface area contributed by atoms with Crippen molar-refractivity contribution in [2.45, 2.75) is 13.8 Å². The van der Waals surface area contributed by atoms with E-state index in [0.717, 1.165) is 11.1 Å². The maximum absolute atomic E-state index is 12.3. The molecule has 3 rings (SSSR count). The molecule has 0 atom stereocenters. The van der Waals surface area contributed by atoms with E-state index in [2.05, 4.69) is 5.32 Å². The third kappa shape index (κ3) is 2.76. The van der Waals surface area contributed by atoms with Gasteiger partial charge in [-0.3, -0.25) is 9.59 Å². The summed E-state index contributed by atoms with van der Waals surface area (Å²) < 4.78 is 5.83. The third-order valence-corrected chi connectivity index (χ3v) is 3.35. The number of benzene rings is 2. The summed E-state index contributed by atoms with van der Waals surface area (Å²) in [7, 11) is 0. The molecule has 0 spiro atoms. The van der Waals surface area contributed by atoms with Crippen molar-refractivity contribution in [3.8, 4) is 11.3 Å². The van der Waals surface area contributed by atoms with E-state index >= 15 is 0 Å². The van der Waals surface area contributed by atoms with Crippen LogP contribution in [-0.2, 0) is 4.79 Å². The summed E-state index contributed by atoms with van der Waals surface area (Å²) in [6.07, 6.45) is 0. The molecule has 0 aliphatic rings. The van der Waals surface area contributed by atoms with Crippen LogP contribution in [0.2, 0.25) is 0 Å². The Bertz CT molecular complexity index is 925. The minimum absolute atomic E-state index is 0.134. The molecule has 3 aromatic rings. The lowest BCUT2D eigenvalue weighted by molar-refractivity contribution is -0.114. The summed E-state index contributed by atoms with van der Waals surface area (Å²) in [5.41, 5.74) is 2.91. The van der Waals surface area contributed by atoms with Crippen molar-refractivity contribution in [3.63, 3.8) is 0 Å². The second-order valence-electron chi connectivity index (χ2n) is 5.24. The van der Waals surface area contributed by atoms with Gasteiger partial charge in [-0.1, -0.05) is 23.8 Å². The van der Waals surface area contributed by atoms with Gasteiger partial charge in [0.1, 0.15) is 11.3 Å². The van der Waals surface area contributed by atoms with Crippen molar-refractivity contribution in [3.05, 3.63) is 64.3 Å². The highest BCUT2D eigenvalue weighted by molar-refractivity contribution is 5.92. The van der Waals surface area contributed by atoms with Crippen LogP contribution in [0.5, 0.6) is 0 Å². The second-order valence-corrected chi connectivity index (χ2v) is 5.24. The fourth-order valence-electron chi connectivity index (χ4n) is 2.38. The van der Waals surface area contributed by atoms with E-state index < -0.39 is 0 Å². The van der Waals surface area contributed by atoms with E-state index in [4.69, 9.17) is 4.42 Å². The predicted molar refractivity (Wildman–Crippen MR) is 87.0 cm³/mol. The van der Waals surface area contributed by atoms with Gasteiger partial charge < -0.3 is 9.73 Å². The molecule has 0 aliphatic carbocycles. The van der Waals surface area contributed by atoms with Crippen LogP contribution in [0.1, 0.15) is 12.5 Å². The van der Waals surface area contributed by atoms with Crippen LogP contribution in [0.15, 0.2) is 57.7 Å². The molecule has 0 unspecified atom stereocenters. The average molecular weight is 293 g/mol. The summed E-state index contributed by atoms with van der Waals surface area (Å²) in [5, 5.41) is 3.11. The van der Waals surface area contributed by atoms with Crippen LogP contribution >= 0.6 is 0 Å². The highest BCUT2D eigenvalue weighted by Gasteiger charge is 2.08. The fourth-order valence-corrected chi connectivity index (χ4v) is 2.38. The molecule has 0 bridgehead atoms. The SMILES string of the molecule is CC(=O)Nc1ccc2oc(-c3cccc(C)c3)cc(=O)c2c1. The zero-order valence-corrected chi connectivity index (χ0v) is 12.3. The van der Waals surface area contributed by atoms with Gasteiger partial charge in [0.25, 0.3) is 0 Å². The molecule has 0 saturated heterocycles. The average Bonchev–Trinajstić information content (AvgIpc) is 2.47. The third-order valence-electron chi connectivity index (χ3n) is 3.35. The minimum atomic E-state index is -0.180. The predicted octanol–water partition coefficient (Wildman–Crippen LogP) is 3.73. The number of hydrogen-bond donors (Lipinski definition) is 1. The molecule has 0 radical (unpaired) electrons. The zero-order valence-electron chi connectivity index (χ0n) is 12.3. The van der Waals surface area contributed by atoms with Crippen LogP contribution in [0.25, 0.3) is 22.3 Å². The molecular weight excluding hydrogens is 278 g/mol. The van der Waals surface area contributed by atoms with E-state index in [1.54, 1.807) is 18.2 Å². The van der Waals surface area contributed by atoms with Gasteiger partial charge in [-0.15, -0.1) is 0 Å². The Morgan fingerprint density at radius 2 is 1.91 bits per heavy atom. The highest BCUT2D eigenvalue weighted by atomic mass is 16.3. The standard InChI is InChI=1S/C18H15NO3/c1-11-4-3-5-13(8-11)18-10-16(21)15-9-14(19-12(2)20)6-7-17(15)22-18/h3-10H,1-2H3,(H,19,20). The van der Waals surface area contributed by atoms with Gasteiger partial charge >= 0.3 is 0 Å². The van der Waals surface area contributed by atoms with E-state index in [1.807, 2.05) is 31.2 Å². The topological polar surface area (TPSA) is 59.3 Å². The number of carbonyl (C=O) groups is 1. The van der Waals surface area contributed by atoms with Crippen LogP contribution in [0.3, 0.4) is 0 Å². The van der Waals surface area contributed by atoms with Gasteiger partial charge in [0.2, 0.25) is 5.91 Å². The maximum atomic E-state index is 12.3.